The molecule has 0 aliphatic heterocycles. The fraction of sp³-hybridized carbons (Fsp3) is 0.429. The van der Waals surface area contributed by atoms with Crippen molar-refractivity contribution in [3.8, 4) is 0 Å². The minimum Gasteiger partial charge on any atom is -0.469 e. The molecule has 1 aliphatic carbocycles. The molecule has 2 rings (SSSR count). The Morgan fingerprint density at radius 3 is 2.89 bits per heavy atom. The molecule has 1 fully saturated rings. The zero-order valence-corrected chi connectivity index (χ0v) is 5.08. The number of rotatable bonds is 1. The lowest BCUT2D eigenvalue weighted by Gasteiger charge is -1.86. The molecular formula is C7H9NO. The largest absolute Gasteiger partial charge is 0.469 e. The molecule has 48 valence electrons. The predicted octanol–water partition coefficient (Wildman–Crippen LogP) is 1.09. The standard InChI is InChI=1S/C7H9NO/c8-6-4-5(6)7-2-1-3-9-7/h1-3,5-6H,4,8H2/t5-,6+/m1/s1. The third kappa shape index (κ3) is 0.754. The Balaban J connectivity index is 2.18. The summed E-state index contributed by atoms with van der Waals surface area (Å²) in [5.74, 6) is 1.56. The Kier molecular flexibility index (Phi) is 0.904. The van der Waals surface area contributed by atoms with Gasteiger partial charge in [0.25, 0.3) is 0 Å². The van der Waals surface area contributed by atoms with E-state index in [4.69, 9.17) is 10.2 Å². The van der Waals surface area contributed by atoms with E-state index in [1.165, 1.54) is 0 Å². The molecule has 2 nitrogen and oxygen atoms in total. The van der Waals surface area contributed by atoms with Crippen LogP contribution in [0.15, 0.2) is 22.8 Å². The highest BCUT2D eigenvalue weighted by molar-refractivity contribution is 5.17. The highest BCUT2D eigenvalue weighted by atomic mass is 16.3. The summed E-state index contributed by atoms with van der Waals surface area (Å²) >= 11 is 0. The first-order valence-corrected chi connectivity index (χ1v) is 3.17. The molecule has 0 radical (unpaired) electrons. The molecule has 0 unspecified atom stereocenters. The molecule has 2 heteroatoms. The van der Waals surface area contributed by atoms with E-state index in [1.54, 1.807) is 6.26 Å². The molecule has 1 heterocycles. The van der Waals surface area contributed by atoms with Crippen molar-refractivity contribution in [2.45, 2.75) is 18.4 Å². The lowest BCUT2D eigenvalue weighted by Crippen LogP contribution is -1.99. The maximum absolute atomic E-state index is 5.60. The maximum atomic E-state index is 5.60. The summed E-state index contributed by atoms with van der Waals surface area (Å²) in [4.78, 5) is 0. The molecule has 0 saturated heterocycles. The van der Waals surface area contributed by atoms with Crippen LogP contribution in [0.2, 0.25) is 0 Å². The first kappa shape index (κ1) is 5.06. The molecule has 0 aromatic carbocycles. The number of hydrogen-bond donors (Lipinski definition) is 1. The van der Waals surface area contributed by atoms with Crippen LogP contribution < -0.4 is 5.73 Å². The van der Waals surface area contributed by atoms with Crippen molar-refractivity contribution < 1.29 is 4.42 Å². The first-order valence-electron chi connectivity index (χ1n) is 3.17. The molecule has 2 atom stereocenters. The van der Waals surface area contributed by atoms with Gasteiger partial charge in [-0.15, -0.1) is 0 Å². The van der Waals surface area contributed by atoms with Crippen molar-refractivity contribution in [2.24, 2.45) is 5.73 Å². The normalized spacial score (nSPS) is 32.6. The van der Waals surface area contributed by atoms with Crippen LogP contribution >= 0.6 is 0 Å². The second-order valence-corrected chi connectivity index (χ2v) is 2.52. The van der Waals surface area contributed by atoms with Gasteiger partial charge in [0.2, 0.25) is 0 Å². The topological polar surface area (TPSA) is 39.2 Å². The Morgan fingerprint density at radius 1 is 1.67 bits per heavy atom. The molecule has 1 aromatic heterocycles. The van der Waals surface area contributed by atoms with Crippen molar-refractivity contribution in [3.63, 3.8) is 0 Å². The summed E-state index contributed by atoms with van der Waals surface area (Å²) in [6, 6.07) is 4.24. The predicted molar refractivity (Wildman–Crippen MR) is 34.0 cm³/mol. The number of hydrogen-bond acceptors (Lipinski definition) is 2. The summed E-state index contributed by atoms with van der Waals surface area (Å²) in [5.41, 5.74) is 5.60. The van der Waals surface area contributed by atoms with E-state index < -0.39 is 0 Å². The molecule has 1 aliphatic rings. The van der Waals surface area contributed by atoms with Crippen LogP contribution in [0.3, 0.4) is 0 Å². The van der Waals surface area contributed by atoms with Gasteiger partial charge >= 0.3 is 0 Å². The summed E-state index contributed by atoms with van der Waals surface area (Å²) < 4.78 is 5.15. The zero-order chi connectivity index (χ0) is 6.27. The van der Waals surface area contributed by atoms with Gasteiger partial charge in [0.15, 0.2) is 0 Å². The van der Waals surface area contributed by atoms with E-state index in [0.29, 0.717) is 12.0 Å². The van der Waals surface area contributed by atoms with E-state index >= 15 is 0 Å². The monoisotopic (exact) mass is 123 g/mol. The second kappa shape index (κ2) is 1.61. The zero-order valence-electron chi connectivity index (χ0n) is 5.08. The van der Waals surface area contributed by atoms with Gasteiger partial charge < -0.3 is 10.2 Å². The lowest BCUT2D eigenvalue weighted by atomic mass is 10.3. The minimum absolute atomic E-state index is 0.358. The maximum Gasteiger partial charge on any atom is 0.108 e. The van der Waals surface area contributed by atoms with Gasteiger partial charge in [-0.1, -0.05) is 0 Å². The molecule has 9 heavy (non-hydrogen) atoms. The van der Waals surface area contributed by atoms with Crippen molar-refractivity contribution in [2.75, 3.05) is 0 Å². The van der Waals surface area contributed by atoms with Gasteiger partial charge in [0.1, 0.15) is 5.76 Å². The second-order valence-electron chi connectivity index (χ2n) is 2.52. The van der Waals surface area contributed by atoms with Crippen LogP contribution in [0, 0.1) is 0 Å². The van der Waals surface area contributed by atoms with Crippen LogP contribution in [0.4, 0.5) is 0 Å². The van der Waals surface area contributed by atoms with Crippen molar-refractivity contribution in [1.29, 1.82) is 0 Å². The fourth-order valence-corrected chi connectivity index (χ4v) is 1.04. The van der Waals surface area contributed by atoms with Crippen LogP contribution in [-0.2, 0) is 0 Å². The van der Waals surface area contributed by atoms with Crippen LogP contribution in [0.25, 0.3) is 0 Å². The minimum atomic E-state index is 0.358. The fourth-order valence-electron chi connectivity index (χ4n) is 1.04. The molecule has 1 saturated carbocycles. The van der Waals surface area contributed by atoms with E-state index in [0.717, 1.165) is 12.2 Å². The molecule has 0 amide bonds. The van der Waals surface area contributed by atoms with E-state index in [-0.39, 0.29) is 0 Å². The Hall–Kier alpha value is -0.760. The van der Waals surface area contributed by atoms with Crippen LogP contribution in [0.5, 0.6) is 0 Å². The number of nitrogens with two attached hydrogens (primary N) is 1. The van der Waals surface area contributed by atoms with Gasteiger partial charge in [-0.3, -0.25) is 0 Å². The van der Waals surface area contributed by atoms with E-state index in [9.17, 15) is 0 Å². The van der Waals surface area contributed by atoms with Crippen molar-refractivity contribution in [1.82, 2.24) is 0 Å². The van der Waals surface area contributed by atoms with Gasteiger partial charge in [-0.25, -0.2) is 0 Å². The smallest absolute Gasteiger partial charge is 0.108 e. The van der Waals surface area contributed by atoms with Gasteiger partial charge in [0, 0.05) is 12.0 Å². The van der Waals surface area contributed by atoms with Crippen LogP contribution in [-0.4, -0.2) is 6.04 Å². The Morgan fingerprint density at radius 2 is 2.44 bits per heavy atom. The van der Waals surface area contributed by atoms with Crippen LogP contribution in [0.1, 0.15) is 18.1 Å². The van der Waals surface area contributed by atoms with E-state index in [1.807, 2.05) is 12.1 Å². The quantitative estimate of drug-likeness (QED) is 0.607. The molecule has 2 N–H and O–H groups in total. The Labute approximate surface area is 53.7 Å². The van der Waals surface area contributed by atoms with Crippen molar-refractivity contribution >= 4 is 0 Å². The summed E-state index contributed by atoms with van der Waals surface area (Å²) in [6.07, 6.45) is 2.79. The summed E-state index contributed by atoms with van der Waals surface area (Å²) in [6.45, 7) is 0. The summed E-state index contributed by atoms with van der Waals surface area (Å²) in [5, 5.41) is 0. The first-order chi connectivity index (χ1) is 4.38. The average Bonchev–Trinajstić information content (AvgIpc) is 2.44. The van der Waals surface area contributed by atoms with Crippen molar-refractivity contribution in [3.05, 3.63) is 24.2 Å². The lowest BCUT2D eigenvalue weighted by molar-refractivity contribution is 0.509. The molecule has 0 spiro atoms. The highest BCUT2D eigenvalue weighted by Crippen LogP contribution is 2.38. The third-order valence-electron chi connectivity index (χ3n) is 1.75. The molecular weight excluding hydrogens is 114 g/mol. The SMILES string of the molecule is N[C@H]1C[C@H]1c1ccco1. The summed E-state index contributed by atoms with van der Waals surface area (Å²) in [7, 11) is 0. The van der Waals surface area contributed by atoms with E-state index in [2.05, 4.69) is 0 Å². The Bertz CT molecular complexity index is 193. The van der Waals surface area contributed by atoms with Gasteiger partial charge in [0.05, 0.1) is 6.26 Å². The molecule has 1 aromatic rings. The average molecular weight is 123 g/mol. The van der Waals surface area contributed by atoms with Gasteiger partial charge in [-0.2, -0.15) is 0 Å². The number of furan rings is 1. The third-order valence-corrected chi connectivity index (χ3v) is 1.75. The molecule has 0 bridgehead atoms. The highest BCUT2D eigenvalue weighted by Gasteiger charge is 2.36. The van der Waals surface area contributed by atoms with Gasteiger partial charge in [-0.05, 0) is 18.6 Å².